The van der Waals surface area contributed by atoms with E-state index in [1.54, 1.807) is 20.2 Å². The first-order chi connectivity index (χ1) is 13.1. The van der Waals surface area contributed by atoms with Crippen LogP contribution >= 0.6 is 0 Å². The van der Waals surface area contributed by atoms with Crippen molar-refractivity contribution in [2.24, 2.45) is 10.4 Å². The Labute approximate surface area is 162 Å². The number of aryl methyl sites for hydroxylation is 1. The lowest BCUT2D eigenvalue weighted by Gasteiger charge is -2.30. The predicted molar refractivity (Wildman–Crippen MR) is 107 cm³/mol. The van der Waals surface area contributed by atoms with Gasteiger partial charge in [-0.3, -0.25) is 9.79 Å². The fourth-order valence-corrected chi connectivity index (χ4v) is 3.63. The van der Waals surface area contributed by atoms with Crippen molar-refractivity contribution >= 4 is 11.9 Å². The molecule has 1 aliphatic rings. The number of rotatable bonds is 10. The van der Waals surface area contributed by atoms with E-state index in [9.17, 15) is 4.79 Å². The summed E-state index contributed by atoms with van der Waals surface area (Å²) in [5.74, 6) is 1.03. The maximum Gasteiger partial charge on any atom is 0.287 e. The van der Waals surface area contributed by atoms with E-state index in [1.165, 1.54) is 31.9 Å². The molecule has 1 aromatic rings. The minimum atomic E-state index is -0.165. The van der Waals surface area contributed by atoms with Crippen molar-refractivity contribution in [3.63, 3.8) is 0 Å². The molecule has 0 bridgehead atoms. The van der Waals surface area contributed by atoms with Gasteiger partial charge in [-0.1, -0.05) is 12.8 Å². The van der Waals surface area contributed by atoms with Gasteiger partial charge in [0.2, 0.25) is 0 Å². The van der Waals surface area contributed by atoms with Crippen LogP contribution in [0.5, 0.6) is 0 Å². The molecule has 0 spiro atoms. The average Bonchev–Trinajstić information content (AvgIpc) is 3.31. The van der Waals surface area contributed by atoms with Crippen LogP contribution < -0.4 is 16.0 Å². The minimum absolute atomic E-state index is 0.165. The molecule has 7 heteroatoms. The van der Waals surface area contributed by atoms with E-state index >= 15 is 0 Å². The quantitative estimate of drug-likeness (QED) is 0.331. The maximum absolute atomic E-state index is 12.0. The number of carbonyl (C=O) groups excluding carboxylic acids is 1. The summed E-state index contributed by atoms with van der Waals surface area (Å²) < 4.78 is 10.5. The summed E-state index contributed by atoms with van der Waals surface area (Å²) in [5, 5.41) is 9.67. The Morgan fingerprint density at radius 1 is 1.26 bits per heavy atom. The molecule has 0 aliphatic heterocycles. The van der Waals surface area contributed by atoms with Crippen LogP contribution in [0.1, 0.15) is 54.6 Å². The molecule has 152 valence electrons. The van der Waals surface area contributed by atoms with Gasteiger partial charge in [-0.25, -0.2) is 0 Å². The highest BCUT2D eigenvalue weighted by atomic mass is 16.5. The molecule has 7 nitrogen and oxygen atoms in total. The smallest absolute Gasteiger partial charge is 0.287 e. The van der Waals surface area contributed by atoms with Gasteiger partial charge in [0, 0.05) is 46.0 Å². The largest absolute Gasteiger partial charge is 0.459 e. The molecule has 0 unspecified atom stereocenters. The van der Waals surface area contributed by atoms with Crippen LogP contribution in [0.3, 0.4) is 0 Å². The van der Waals surface area contributed by atoms with Crippen LogP contribution in [0.25, 0.3) is 0 Å². The van der Waals surface area contributed by atoms with E-state index in [-0.39, 0.29) is 5.91 Å². The lowest BCUT2D eigenvalue weighted by atomic mass is 9.83. The van der Waals surface area contributed by atoms with Crippen LogP contribution in [-0.4, -0.2) is 52.3 Å². The normalized spacial score (nSPS) is 16.3. The topological polar surface area (TPSA) is 87.9 Å². The standard InChI is InChI=1S/C20H34N4O3/c1-16-7-13-27-17(16)18(25)22-11-6-12-23-19(21-2)24-15-20(10-14-26-3)8-4-5-9-20/h7,13H,4-6,8-12,14-15H2,1-3H3,(H,22,25)(H2,21,23,24). The number of methoxy groups -OCH3 is 1. The van der Waals surface area contributed by atoms with Gasteiger partial charge < -0.3 is 25.1 Å². The zero-order valence-corrected chi connectivity index (χ0v) is 16.9. The lowest BCUT2D eigenvalue weighted by molar-refractivity contribution is 0.0925. The molecule has 27 heavy (non-hydrogen) atoms. The molecule has 2 rings (SSSR count). The van der Waals surface area contributed by atoms with Gasteiger partial charge in [0.15, 0.2) is 11.7 Å². The summed E-state index contributed by atoms with van der Waals surface area (Å²) in [5.41, 5.74) is 1.17. The van der Waals surface area contributed by atoms with E-state index in [4.69, 9.17) is 9.15 Å². The highest BCUT2D eigenvalue weighted by Crippen LogP contribution is 2.40. The number of hydrogen-bond acceptors (Lipinski definition) is 4. The maximum atomic E-state index is 12.0. The molecule has 1 amide bonds. The first-order valence-electron chi connectivity index (χ1n) is 9.86. The summed E-state index contributed by atoms with van der Waals surface area (Å²) in [7, 11) is 3.55. The molecule has 3 N–H and O–H groups in total. The zero-order chi connectivity index (χ0) is 19.5. The number of nitrogens with one attached hydrogen (secondary N) is 3. The Balaban J connectivity index is 1.65. The molecule has 1 aliphatic carbocycles. The van der Waals surface area contributed by atoms with E-state index in [0.717, 1.165) is 44.1 Å². The van der Waals surface area contributed by atoms with Gasteiger partial charge in [0.25, 0.3) is 5.91 Å². The average molecular weight is 379 g/mol. The Kier molecular flexibility index (Phi) is 8.64. The van der Waals surface area contributed by atoms with E-state index in [1.807, 2.05) is 6.92 Å². The van der Waals surface area contributed by atoms with Crippen molar-refractivity contribution in [3.05, 3.63) is 23.7 Å². The van der Waals surface area contributed by atoms with Crippen LogP contribution in [0.4, 0.5) is 0 Å². The fraction of sp³-hybridized carbons (Fsp3) is 0.700. The lowest BCUT2D eigenvalue weighted by Crippen LogP contribution is -2.44. The van der Waals surface area contributed by atoms with Gasteiger partial charge in [-0.2, -0.15) is 0 Å². The van der Waals surface area contributed by atoms with Gasteiger partial charge in [0.1, 0.15) is 0 Å². The summed E-state index contributed by atoms with van der Waals surface area (Å²) >= 11 is 0. The molecule has 0 atom stereocenters. The van der Waals surface area contributed by atoms with Gasteiger partial charge >= 0.3 is 0 Å². The van der Waals surface area contributed by atoms with Gasteiger partial charge in [-0.15, -0.1) is 0 Å². The van der Waals surface area contributed by atoms with Crippen molar-refractivity contribution < 1.29 is 13.9 Å². The molecule has 0 radical (unpaired) electrons. The van der Waals surface area contributed by atoms with Gasteiger partial charge in [0.05, 0.1) is 6.26 Å². The summed E-state index contributed by atoms with van der Waals surface area (Å²) in [6.07, 6.45) is 8.52. The Hall–Kier alpha value is -2.02. The zero-order valence-electron chi connectivity index (χ0n) is 16.9. The molecule has 0 aromatic carbocycles. The third-order valence-electron chi connectivity index (χ3n) is 5.36. The summed E-state index contributed by atoms with van der Waals surface area (Å²) in [6.45, 7) is 4.91. The van der Waals surface area contributed by atoms with Crippen LogP contribution in [0.15, 0.2) is 21.7 Å². The first-order valence-corrected chi connectivity index (χ1v) is 9.86. The number of furan rings is 1. The van der Waals surface area contributed by atoms with E-state index < -0.39 is 0 Å². The fourth-order valence-electron chi connectivity index (χ4n) is 3.63. The second-order valence-electron chi connectivity index (χ2n) is 7.34. The highest BCUT2D eigenvalue weighted by Gasteiger charge is 2.33. The Bertz CT molecular complexity index is 606. The molecular formula is C20H34N4O3. The predicted octanol–water partition coefficient (Wildman–Crippen LogP) is 2.47. The number of carbonyl (C=O) groups is 1. The summed E-state index contributed by atoms with van der Waals surface area (Å²) in [4.78, 5) is 16.3. The minimum Gasteiger partial charge on any atom is -0.459 e. The molecule has 0 saturated heterocycles. The van der Waals surface area contributed by atoms with Crippen LogP contribution in [0, 0.1) is 12.3 Å². The molecule has 1 saturated carbocycles. The number of guanidine groups is 1. The molecule has 1 aromatic heterocycles. The van der Waals surface area contributed by atoms with E-state index in [2.05, 4.69) is 20.9 Å². The molecular weight excluding hydrogens is 344 g/mol. The number of ether oxygens (including phenoxy) is 1. The number of amides is 1. The molecule has 1 fully saturated rings. The van der Waals surface area contributed by atoms with Crippen LogP contribution in [0.2, 0.25) is 0 Å². The third kappa shape index (κ3) is 6.57. The van der Waals surface area contributed by atoms with Crippen molar-refractivity contribution in [1.82, 2.24) is 16.0 Å². The number of hydrogen-bond donors (Lipinski definition) is 3. The SMILES string of the molecule is CN=C(NCCCNC(=O)c1occc1C)NCC1(CCOC)CCCC1. The monoisotopic (exact) mass is 378 g/mol. The number of aliphatic imine (C=N–C) groups is 1. The van der Waals surface area contributed by atoms with Crippen molar-refractivity contribution in [1.29, 1.82) is 0 Å². The van der Waals surface area contributed by atoms with Crippen molar-refractivity contribution in [2.75, 3.05) is 40.4 Å². The Morgan fingerprint density at radius 3 is 2.63 bits per heavy atom. The van der Waals surface area contributed by atoms with Crippen molar-refractivity contribution in [2.45, 2.75) is 45.4 Å². The van der Waals surface area contributed by atoms with Gasteiger partial charge in [-0.05, 0) is 44.1 Å². The summed E-state index contributed by atoms with van der Waals surface area (Å²) in [6, 6.07) is 1.79. The Morgan fingerprint density at radius 2 is 2.00 bits per heavy atom. The molecule has 1 heterocycles. The number of nitrogens with zero attached hydrogens (tertiary/aromatic N) is 1. The second kappa shape index (κ2) is 11.0. The van der Waals surface area contributed by atoms with E-state index in [0.29, 0.717) is 17.7 Å². The third-order valence-corrected chi connectivity index (χ3v) is 5.36. The first kappa shape index (κ1) is 21.3. The second-order valence-corrected chi connectivity index (χ2v) is 7.34. The highest BCUT2D eigenvalue weighted by molar-refractivity contribution is 5.92. The van der Waals surface area contributed by atoms with Crippen molar-refractivity contribution in [3.8, 4) is 0 Å². The van der Waals surface area contributed by atoms with Crippen LogP contribution in [-0.2, 0) is 4.74 Å².